The van der Waals surface area contributed by atoms with E-state index in [0.29, 0.717) is 17.0 Å². The second-order valence-corrected chi connectivity index (χ2v) is 5.55. The fourth-order valence-electron chi connectivity index (χ4n) is 2.86. The van der Waals surface area contributed by atoms with Crippen molar-refractivity contribution in [2.75, 3.05) is 11.9 Å². The van der Waals surface area contributed by atoms with Gasteiger partial charge in [0, 0.05) is 5.56 Å². The van der Waals surface area contributed by atoms with E-state index in [1.54, 1.807) is 30.3 Å². The third kappa shape index (κ3) is 2.53. The first-order chi connectivity index (χ1) is 12.0. The number of oxazole rings is 1. The summed E-state index contributed by atoms with van der Waals surface area (Å²) in [5, 5.41) is 11.6. The van der Waals surface area contributed by atoms with E-state index in [1.165, 1.54) is 0 Å². The molecule has 8 nitrogen and oxygen atoms in total. The molecule has 1 aliphatic heterocycles. The molecule has 0 atom stereocenters. The molecule has 0 unspecified atom stereocenters. The summed E-state index contributed by atoms with van der Waals surface area (Å²) in [6, 6.07) is 10.3. The number of carbonyl (C=O) groups excluding carboxylic acids is 1. The lowest BCUT2D eigenvalue weighted by molar-refractivity contribution is -0.137. The number of hydrogen-bond donors (Lipinski definition) is 2. The Balaban J connectivity index is 1.84. The molecule has 0 spiro atoms. The summed E-state index contributed by atoms with van der Waals surface area (Å²) in [6.07, 6.45) is 0. The number of hydrogen-bond acceptors (Lipinski definition) is 5. The lowest BCUT2D eigenvalue weighted by Gasteiger charge is -2.20. The standard InChI is InChI=1S/C17H12N2O6/c20-14-8-24-16-10(2-1-3-11(16)18-14)9-4-5-12-13(6-9)25-17(23)19(12)7-15(21)22/h1-6H,7-8H2,(H,18,20)(H,21,22). The molecule has 1 amide bonds. The van der Waals surface area contributed by atoms with Crippen LogP contribution in [0.15, 0.2) is 45.6 Å². The molecule has 1 aliphatic rings. The highest BCUT2D eigenvalue weighted by atomic mass is 16.5. The van der Waals surface area contributed by atoms with Crippen molar-refractivity contribution in [3.05, 3.63) is 46.9 Å². The summed E-state index contributed by atoms with van der Waals surface area (Å²) in [5.41, 5.74) is 2.69. The maximum atomic E-state index is 11.9. The number of para-hydroxylation sites is 1. The lowest BCUT2D eigenvalue weighted by Crippen LogP contribution is -2.25. The Hall–Kier alpha value is -3.55. The van der Waals surface area contributed by atoms with E-state index in [9.17, 15) is 14.4 Å². The predicted molar refractivity (Wildman–Crippen MR) is 87.7 cm³/mol. The predicted octanol–water partition coefficient (Wildman–Crippen LogP) is 1.68. The van der Waals surface area contributed by atoms with Crippen LogP contribution in [0.1, 0.15) is 0 Å². The van der Waals surface area contributed by atoms with E-state index >= 15 is 0 Å². The molecule has 3 aromatic rings. The zero-order valence-corrected chi connectivity index (χ0v) is 12.8. The van der Waals surface area contributed by atoms with E-state index < -0.39 is 18.3 Å². The number of ether oxygens (including phenoxy) is 1. The molecule has 8 heteroatoms. The average molecular weight is 340 g/mol. The number of fused-ring (bicyclic) bond motifs is 2. The second kappa shape index (κ2) is 5.52. The van der Waals surface area contributed by atoms with Gasteiger partial charge in [0.1, 0.15) is 6.54 Å². The van der Waals surface area contributed by atoms with Crippen LogP contribution in [-0.2, 0) is 16.1 Å². The highest BCUT2D eigenvalue weighted by molar-refractivity contribution is 5.98. The van der Waals surface area contributed by atoms with Crippen molar-refractivity contribution < 1.29 is 23.8 Å². The molecule has 1 aromatic heterocycles. The van der Waals surface area contributed by atoms with E-state index in [1.807, 2.05) is 6.07 Å². The first-order valence-electron chi connectivity index (χ1n) is 7.44. The van der Waals surface area contributed by atoms with Crippen molar-refractivity contribution in [2.45, 2.75) is 6.54 Å². The highest BCUT2D eigenvalue weighted by Gasteiger charge is 2.20. The largest absolute Gasteiger partial charge is 0.481 e. The number of aromatic nitrogens is 1. The SMILES string of the molecule is O=C(O)Cn1c(=O)oc2cc(-c3cccc4c3OCC(=O)N4)ccc21. The maximum absolute atomic E-state index is 11.9. The third-order valence-corrected chi connectivity index (χ3v) is 3.91. The average Bonchev–Trinajstić information content (AvgIpc) is 2.88. The highest BCUT2D eigenvalue weighted by Crippen LogP contribution is 2.39. The van der Waals surface area contributed by atoms with Gasteiger partial charge in [0.2, 0.25) is 0 Å². The first-order valence-corrected chi connectivity index (χ1v) is 7.44. The minimum Gasteiger partial charge on any atom is -0.481 e. The fraction of sp³-hybridized carbons (Fsp3) is 0.118. The number of nitrogens with one attached hydrogen (secondary N) is 1. The summed E-state index contributed by atoms with van der Waals surface area (Å²) < 4.78 is 11.7. The van der Waals surface area contributed by atoms with Crippen molar-refractivity contribution in [3.63, 3.8) is 0 Å². The van der Waals surface area contributed by atoms with Crippen LogP contribution in [0.2, 0.25) is 0 Å². The van der Waals surface area contributed by atoms with Crippen LogP contribution in [0.4, 0.5) is 5.69 Å². The van der Waals surface area contributed by atoms with Gasteiger partial charge >= 0.3 is 11.7 Å². The Bertz CT molecular complexity index is 1080. The minimum absolute atomic E-state index is 0.0731. The Morgan fingerprint density at radius 1 is 1.24 bits per heavy atom. The van der Waals surface area contributed by atoms with Crippen molar-refractivity contribution >= 4 is 28.7 Å². The molecule has 0 aliphatic carbocycles. The maximum Gasteiger partial charge on any atom is 0.420 e. The van der Waals surface area contributed by atoms with Gasteiger partial charge in [0.25, 0.3) is 5.91 Å². The van der Waals surface area contributed by atoms with Gasteiger partial charge in [0.05, 0.1) is 11.2 Å². The molecular formula is C17H12N2O6. The van der Waals surface area contributed by atoms with Crippen LogP contribution in [-0.4, -0.2) is 28.2 Å². The number of carboxylic acid groups (broad SMARTS) is 1. The van der Waals surface area contributed by atoms with Crippen LogP contribution in [0, 0.1) is 0 Å². The van der Waals surface area contributed by atoms with Crippen LogP contribution >= 0.6 is 0 Å². The van der Waals surface area contributed by atoms with E-state index in [2.05, 4.69) is 5.32 Å². The van der Waals surface area contributed by atoms with E-state index in [0.717, 1.165) is 15.7 Å². The fourth-order valence-corrected chi connectivity index (χ4v) is 2.86. The second-order valence-electron chi connectivity index (χ2n) is 5.55. The molecule has 0 bridgehead atoms. The smallest absolute Gasteiger partial charge is 0.420 e. The monoisotopic (exact) mass is 340 g/mol. The molecule has 0 radical (unpaired) electrons. The van der Waals surface area contributed by atoms with Gasteiger partial charge in [-0.1, -0.05) is 18.2 Å². The number of carbonyl (C=O) groups is 2. The number of rotatable bonds is 3. The van der Waals surface area contributed by atoms with Gasteiger partial charge in [-0.3, -0.25) is 14.2 Å². The zero-order chi connectivity index (χ0) is 17.6. The number of carboxylic acids is 1. The van der Waals surface area contributed by atoms with Crippen molar-refractivity contribution in [2.24, 2.45) is 0 Å². The van der Waals surface area contributed by atoms with Gasteiger partial charge in [0.15, 0.2) is 17.9 Å². The Morgan fingerprint density at radius 3 is 2.88 bits per heavy atom. The zero-order valence-electron chi connectivity index (χ0n) is 12.8. The van der Waals surface area contributed by atoms with Crippen LogP contribution in [0.5, 0.6) is 5.75 Å². The number of amides is 1. The summed E-state index contributed by atoms with van der Waals surface area (Å²) in [6.45, 7) is -0.544. The Kier molecular flexibility index (Phi) is 3.31. The lowest BCUT2D eigenvalue weighted by atomic mass is 10.0. The van der Waals surface area contributed by atoms with E-state index in [4.69, 9.17) is 14.3 Å². The molecule has 0 saturated heterocycles. The topological polar surface area (TPSA) is 111 Å². The molecule has 0 saturated carbocycles. The molecule has 2 heterocycles. The van der Waals surface area contributed by atoms with Gasteiger partial charge in [-0.2, -0.15) is 0 Å². The van der Waals surface area contributed by atoms with Crippen LogP contribution in [0.3, 0.4) is 0 Å². The summed E-state index contributed by atoms with van der Waals surface area (Å²) in [4.78, 5) is 34.2. The molecule has 0 fully saturated rings. The quantitative estimate of drug-likeness (QED) is 0.750. The van der Waals surface area contributed by atoms with Crippen molar-refractivity contribution in [1.29, 1.82) is 0 Å². The minimum atomic E-state index is -1.13. The molecule has 126 valence electrons. The van der Waals surface area contributed by atoms with Gasteiger partial charge < -0.3 is 19.6 Å². The van der Waals surface area contributed by atoms with Crippen LogP contribution in [0.25, 0.3) is 22.2 Å². The number of nitrogens with zero attached hydrogens (tertiary/aromatic N) is 1. The Labute approximate surface area is 140 Å². The van der Waals surface area contributed by atoms with Gasteiger partial charge in [-0.15, -0.1) is 0 Å². The third-order valence-electron chi connectivity index (χ3n) is 3.91. The van der Waals surface area contributed by atoms with Crippen molar-refractivity contribution in [1.82, 2.24) is 4.57 Å². The van der Waals surface area contributed by atoms with Crippen molar-refractivity contribution in [3.8, 4) is 16.9 Å². The summed E-state index contributed by atoms with van der Waals surface area (Å²) in [7, 11) is 0. The van der Waals surface area contributed by atoms with E-state index in [-0.39, 0.29) is 18.1 Å². The summed E-state index contributed by atoms with van der Waals surface area (Å²) in [5.74, 6) is -1.55. The van der Waals surface area contributed by atoms with Crippen LogP contribution < -0.4 is 15.8 Å². The number of benzene rings is 2. The van der Waals surface area contributed by atoms with Gasteiger partial charge in [-0.25, -0.2) is 4.79 Å². The number of aliphatic carboxylic acids is 1. The summed E-state index contributed by atoms with van der Waals surface area (Å²) >= 11 is 0. The number of anilines is 1. The molecular weight excluding hydrogens is 328 g/mol. The normalized spacial score (nSPS) is 13.2. The molecule has 4 rings (SSSR count). The molecule has 25 heavy (non-hydrogen) atoms. The van der Waals surface area contributed by atoms with Gasteiger partial charge in [-0.05, 0) is 23.8 Å². The molecule has 2 aromatic carbocycles. The molecule has 2 N–H and O–H groups in total. The first kappa shape index (κ1) is 15.0. The Morgan fingerprint density at radius 2 is 2.08 bits per heavy atom.